The van der Waals surface area contributed by atoms with Gasteiger partial charge in [0.25, 0.3) is 0 Å². The van der Waals surface area contributed by atoms with Crippen LogP contribution in [-0.4, -0.2) is 39.6 Å². The standard InChI is InChI=1S/C29H38N5PS/c1-22(2)33-27(24-14-8-5-9-15-24)28(25-16-10-6-11-17-25)34(23(3)4)35(33)31-21-20-30-29(36)32-26-18-12-7-13-19-26/h5-19,22-23,27-28,31H,20-21H2,1-4H3,(H2,30,32,36)/t27-,28-/m1/s1. The predicted octanol–water partition coefficient (Wildman–Crippen LogP) is 6.71. The number of nitrogens with one attached hydrogen (secondary N) is 3. The highest BCUT2D eigenvalue weighted by atomic mass is 32.1. The van der Waals surface area contributed by atoms with E-state index in [1.807, 2.05) is 30.3 Å². The van der Waals surface area contributed by atoms with Crippen LogP contribution in [0.2, 0.25) is 0 Å². The first-order valence-electron chi connectivity index (χ1n) is 12.8. The molecule has 3 aromatic carbocycles. The summed E-state index contributed by atoms with van der Waals surface area (Å²) in [6.45, 7) is 10.8. The minimum atomic E-state index is -0.743. The van der Waals surface area contributed by atoms with Crippen molar-refractivity contribution in [2.75, 3.05) is 18.4 Å². The van der Waals surface area contributed by atoms with Gasteiger partial charge in [-0.1, -0.05) is 78.9 Å². The van der Waals surface area contributed by atoms with Crippen LogP contribution in [0.15, 0.2) is 91.0 Å². The molecule has 1 heterocycles. The Hall–Kier alpha value is -2.34. The molecule has 0 radical (unpaired) electrons. The Balaban J connectivity index is 1.54. The molecule has 2 atom stereocenters. The Morgan fingerprint density at radius 1 is 0.722 bits per heavy atom. The molecule has 0 unspecified atom stereocenters. The fourth-order valence-corrected chi connectivity index (χ4v) is 7.85. The summed E-state index contributed by atoms with van der Waals surface area (Å²) >= 11 is 5.51. The molecule has 0 aromatic heterocycles. The molecule has 4 rings (SSSR count). The number of nitrogens with zero attached hydrogens (tertiary/aromatic N) is 2. The lowest BCUT2D eigenvalue weighted by Gasteiger charge is -2.36. The Morgan fingerprint density at radius 2 is 1.17 bits per heavy atom. The van der Waals surface area contributed by atoms with Crippen molar-refractivity contribution in [3.63, 3.8) is 0 Å². The molecule has 0 saturated carbocycles. The lowest BCUT2D eigenvalue weighted by atomic mass is 9.92. The van der Waals surface area contributed by atoms with Crippen LogP contribution in [0.4, 0.5) is 5.69 Å². The smallest absolute Gasteiger partial charge is 0.170 e. The van der Waals surface area contributed by atoms with Gasteiger partial charge in [-0.2, -0.15) is 0 Å². The summed E-state index contributed by atoms with van der Waals surface area (Å²) in [7, 11) is -0.743. The zero-order valence-corrected chi connectivity index (χ0v) is 23.3. The molecule has 3 aromatic rings. The molecule has 7 heteroatoms. The highest BCUT2D eigenvalue weighted by molar-refractivity contribution is 7.80. The van der Waals surface area contributed by atoms with Crippen LogP contribution in [0.25, 0.3) is 0 Å². The second-order valence-corrected chi connectivity index (χ2v) is 11.8. The lowest BCUT2D eigenvalue weighted by molar-refractivity contribution is 0.227. The highest BCUT2D eigenvalue weighted by Crippen LogP contribution is 2.63. The molecule has 0 aliphatic carbocycles. The fraction of sp³-hybridized carbons (Fsp3) is 0.345. The van der Waals surface area contributed by atoms with Gasteiger partial charge in [0.05, 0.1) is 12.1 Å². The van der Waals surface area contributed by atoms with E-state index in [9.17, 15) is 0 Å². The minimum absolute atomic E-state index is 0.267. The molecule has 1 aliphatic heterocycles. The van der Waals surface area contributed by atoms with Gasteiger partial charge in [0.15, 0.2) is 5.11 Å². The van der Waals surface area contributed by atoms with Crippen molar-refractivity contribution in [2.45, 2.75) is 51.9 Å². The van der Waals surface area contributed by atoms with E-state index in [1.54, 1.807) is 0 Å². The van der Waals surface area contributed by atoms with Crippen LogP contribution in [0.1, 0.15) is 50.9 Å². The summed E-state index contributed by atoms with van der Waals surface area (Å²) in [6.07, 6.45) is 0. The lowest BCUT2D eigenvalue weighted by Crippen LogP contribution is -2.38. The number of hydrogen-bond donors (Lipinski definition) is 3. The highest BCUT2D eigenvalue weighted by Gasteiger charge is 2.50. The molecular weight excluding hydrogens is 481 g/mol. The molecule has 190 valence electrons. The van der Waals surface area contributed by atoms with Crippen LogP contribution >= 0.6 is 20.6 Å². The van der Waals surface area contributed by atoms with Crippen molar-refractivity contribution in [1.82, 2.24) is 19.7 Å². The maximum absolute atomic E-state index is 5.51. The van der Waals surface area contributed by atoms with Gasteiger partial charge in [-0.25, -0.2) is 9.34 Å². The third-order valence-electron chi connectivity index (χ3n) is 6.34. The van der Waals surface area contributed by atoms with E-state index in [-0.39, 0.29) is 12.1 Å². The quantitative estimate of drug-likeness (QED) is 0.166. The van der Waals surface area contributed by atoms with Crippen molar-refractivity contribution in [3.05, 3.63) is 102 Å². The molecule has 3 N–H and O–H groups in total. The molecule has 1 fully saturated rings. The SMILES string of the molecule is CC(C)N1[C@H](c2ccccc2)[C@@H](c2ccccc2)N(C(C)C)P1NCCNC(=S)Nc1ccccc1. The Bertz CT molecular complexity index is 1020. The van der Waals surface area contributed by atoms with Gasteiger partial charge < -0.3 is 10.6 Å². The summed E-state index contributed by atoms with van der Waals surface area (Å²) in [5.74, 6) is 0. The third-order valence-corrected chi connectivity index (χ3v) is 9.39. The summed E-state index contributed by atoms with van der Waals surface area (Å²) in [5.41, 5.74) is 3.73. The number of anilines is 1. The topological polar surface area (TPSA) is 42.6 Å². The van der Waals surface area contributed by atoms with Gasteiger partial charge in [0, 0.05) is 30.9 Å². The maximum atomic E-state index is 5.51. The van der Waals surface area contributed by atoms with Gasteiger partial charge in [0.1, 0.15) is 8.37 Å². The van der Waals surface area contributed by atoms with Crippen molar-refractivity contribution in [1.29, 1.82) is 0 Å². The third kappa shape index (κ3) is 6.31. The second-order valence-electron chi connectivity index (χ2n) is 9.60. The normalized spacial score (nSPS) is 19.2. The van der Waals surface area contributed by atoms with Crippen molar-refractivity contribution < 1.29 is 0 Å². The maximum Gasteiger partial charge on any atom is 0.170 e. The Morgan fingerprint density at radius 3 is 1.61 bits per heavy atom. The first-order chi connectivity index (χ1) is 17.5. The molecule has 0 bridgehead atoms. The van der Waals surface area contributed by atoms with E-state index in [1.165, 1.54) is 11.1 Å². The van der Waals surface area contributed by atoms with E-state index < -0.39 is 8.37 Å². The summed E-state index contributed by atoms with van der Waals surface area (Å²) in [5, 5.41) is 11.2. The van der Waals surface area contributed by atoms with Crippen LogP contribution < -0.4 is 15.7 Å². The summed E-state index contributed by atoms with van der Waals surface area (Å²) in [4.78, 5) is 0. The molecule has 1 saturated heterocycles. The first kappa shape index (κ1) is 26.7. The number of hydrogen-bond acceptors (Lipinski definition) is 4. The zero-order valence-electron chi connectivity index (χ0n) is 21.6. The summed E-state index contributed by atoms with van der Waals surface area (Å²) < 4.78 is 5.39. The van der Waals surface area contributed by atoms with Crippen LogP contribution in [0.3, 0.4) is 0 Å². The van der Waals surface area contributed by atoms with Gasteiger partial charge in [-0.05, 0) is 63.2 Å². The van der Waals surface area contributed by atoms with Gasteiger partial charge in [-0.3, -0.25) is 5.09 Å². The van der Waals surface area contributed by atoms with E-state index >= 15 is 0 Å². The minimum Gasteiger partial charge on any atom is -0.361 e. The second kappa shape index (κ2) is 12.8. The van der Waals surface area contributed by atoms with Gasteiger partial charge in [0.2, 0.25) is 0 Å². The van der Waals surface area contributed by atoms with Gasteiger partial charge >= 0.3 is 0 Å². The van der Waals surface area contributed by atoms with E-state index in [0.717, 1.165) is 18.8 Å². The Labute approximate surface area is 223 Å². The zero-order chi connectivity index (χ0) is 25.5. The van der Waals surface area contributed by atoms with Crippen LogP contribution in [-0.2, 0) is 0 Å². The van der Waals surface area contributed by atoms with Gasteiger partial charge in [-0.15, -0.1) is 0 Å². The van der Waals surface area contributed by atoms with E-state index in [0.29, 0.717) is 17.2 Å². The molecule has 0 spiro atoms. The summed E-state index contributed by atoms with van der Waals surface area (Å²) in [6, 6.07) is 33.3. The molecule has 1 aliphatic rings. The number of thiocarbonyl (C=S) groups is 1. The number of benzene rings is 3. The van der Waals surface area contributed by atoms with Crippen molar-refractivity contribution in [3.8, 4) is 0 Å². The Kier molecular flexibility index (Phi) is 9.47. The molecule has 0 amide bonds. The molecular formula is C29H38N5PS. The largest absolute Gasteiger partial charge is 0.361 e. The molecule has 36 heavy (non-hydrogen) atoms. The van der Waals surface area contributed by atoms with Crippen LogP contribution in [0.5, 0.6) is 0 Å². The van der Waals surface area contributed by atoms with E-state index in [2.05, 4.69) is 113 Å². The van der Waals surface area contributed by atoms with Crippen molar-refractivity contribution >= 4 is 31.4 Å². The monoisotopic (exact) mass is 519 g/mol. The average Bonchev–Trinajstić information content (AvgIpc) is 3.24. The average molecular weight is 520 g/mol. The number of rotatable bonds is 9. The predicted molar refractivity (Wildman–Crippen MR) is 158 cm³/mol. The number of para-hydroxylation sites is 1. The van der Waals surface area contributed by atoms with E-state index in [4.69, 9.17) is 12.2 Å². The van der Waals surface area contributed by atoms with Crippen molar-refractivity contribution in [2.24, 2.45) is 0 Å². The first-order valence-corrected chi connectivity index (χ1v) is 14.4. The van der Waals surface area contributed by atoms with Crippen LogP contribution in [0, 0.1) is 0 Å². The molecule has 5 nitrogen and oxygen atoms in total. The fourth-order valence-electron chi connectivity index (χ4n) is 4.89.